The molecule has 252 valence electrons. The number of hydrogen-bond acceptors (Lipinski definition) is 2. The van der Waals surface area contributed by atoms with Gasteiger partial charge < -0.3 is 4.57 Å². The zero-order valence-corrected chi connectivity index (χ0v) is 29.5. The van der Waals surface area contributed by atoms with Crippen molar-refractivity contribution in [1.82, 2.24) is 14.5 Å². The lowest BCUT2D eigenvalue weighted by Gasteiger charge is -2.61. The Bertz CT molecular complexity index is 3010. The molecule has 9 aromatic rings. The molecule has 0 N–H and O–H groups in total. The minimum absolute atomic E-state index is 0.190. The molecule has 3 heterocycles. The number of nitrogens with zero attached hydrogens (tertiary/aromatic N) is 3. The van der Waals surface area contributed by atoms with Crippen molar-refractivity contribution in [3.8, 4) is 27.9 Å². The Morgan fingerprint density at radius 2 is 1.17 bits per heavy atom. The molecule has 3 aromatic heterocycles. The first-order valence-electron chi connectivity index (χ1n) is 19.6. The topological polar surface area (TPSA) is 30.7 Å². The van der Waals surface area contributed by atoms with Crippen molar-refractivity contribution < 1.29 is 0 Å². The zero-order valence-electron chi connectivity index (χ0n) is 29.5. The van der Waals surface area contributed by atoms with Crippen LogP contribution < -0.4 is 0 Å². The fourth-order valence-corrected chi connectivity index (χ4v) is 12.5. The highest BCUT2D eigenvalue weighted by Crippen LogP contribution is 2.69. The lowest BCUT2D eigenvalue weighted by molar-refractivity contribution is -0.0399. The van der Waals surface area contributed by atoms with Gasteiger partial charge in [-0.25, -0.2) is 0 Å². The summed E-state index contributed by atoms with van der Waals surface area (Å²) in [7, 11) is 0. The van der Waals surface area contributed by atoms with Crippen molar-refractivity contribution >= 4 is 54.4 Å². The lowest BCUT2D eigenvalue weighted by Crippen LogP contribution is -2.55. The molecule has 0 radical (unpaired) electrons. The Hall–Kier alpha value is -5.80. The van der Waals surface area contributed by atoms with Gasteiger partial charge in [-0.05, 0) is 131 Å². The molecule has 53 heavy (non-hydrogen) atoms. The summed E-state index contributed by atoms with van der Waals surface area (Å²) >= 11 is 0. The van der Waals surface area contributed by atoms with Gasteiger partial charge >= 0.3 is 0 Å². The van der Waals surface area contributed by atoms with Gasteiger partial charge in [-0.1, -0.05) is 91.0 Å². The lowest BCUT2D eigenvalue weighted by atomic mass is 9.43. The fourth-order valence-electron chi connectivity index (χ4n) is 12.5. The van der Waals surface area contributed by atoms with Gasteiger partial charge in [0.2, 0.25) is 0 Å². The summed E-state index contributed by atoms with van der Waals surface area (Å²) in [6, 6.07) is 48.3. The van der Waals surface area contributed by atoms with Crippen LogP contribution in [0.15, 0.2) is 140 Å². The first kappa shape index (κ1) is 28.7. The van der Waals surface area contributed by atoms with Crippen LogP contribution in [0.3, 0.4) is 0 Å². The summed E-state index contributed by atoms with van der Waals surface area (Å²) in [5.41, 5.74) is 14.4. The Morgan fingerprint density at radius 3 is 2.06 bits per heavy atom. The molecule has 3 nitrogen and oxygen atoms in total. The van der Waals surface area contributed by atoms with E-state index in [0.717, 1.165) is 51.2 Å². The fraction of sp³-hybridized carbons (Fsp3) is 0.200. The molecule has 14 rings (SSSR count). The monoisotopic (exact) mass is 679 g/mol. The van der Waals surface area contributed by atoms with Crippen LogP contribution in [0.25, 0.3) is 82.3 Å². The van der Waals surface area contributed by atoms with Crippen molar-refractivity contribution in [2.45, 2.75) is 37.5 Å². The maximum absolute atomic E-state index is 4.91. The maximum Gasteiger partial charge on any atom is 0.0985 e. The minimum atomic E-state index is 0.190. The van der Waals surface area contributed by atoms with Crippen molar-refractivity contribution in [2.75, 3.05) is 0 Å². The van der Waals surface area contributed by atoms with E-state index in [1.54, 1.807) is 11.1 Å². The second-order valence-electron chi connectivity index (χ2n) is 16.6. The van der Waals surface area contributed by atoms with Crippen LogP contribution in [0.2, 0.25) is 0 Å². The predicted octanol–water partition coefficient (Wildman–Crippen LogP) is 12.4. The molecule has 1 spiro atoms. The van der Waals surface area contributed by atoms with Gasteiger partial charge in [0.1, 0.15) is 0 Å². The largest absolute Gasteiger partial charge is 0.308 e. The Balaban J connectivity index is 1.07. The summed E-state index contributed by atoms with van der Waals surface area (Å²) in [5.74, 6) is 3.44. The van der Waals surface area contributed by atoms with E-state index in [1.807, 2.05) is 18.5 Å². The second kappa shape index (κ2) is 10.2. The normalized spacial score (nSPS) is 23.9. The van der Waals surface area contributed by atoms with Crippen molar-refractivity contribution in [2.24, 2.45) is 23.7 Å². The average Bonchev–Trinajstić information content (AvgIpc) is 3.69. The summed E-state index contributed by atoms with van der Waals surface area (Å²) < 4.78 is 2.51. The minimum Gasteiger partial charge on any atom is -0.308 e. The van der Waals surface area contributed by atoms with E-state index in [1.165, 1.54) is 86.9 Å². The maximum atomic E-state index is 4.91. The van der Waals surface area contributed by atoms with Crippen LogP contribution in [0, 0.1) is 23.7 Å². The summed E-state index contributed by atoms with van der Waals surface area (Å²) in [6.07, 6.45) is 10.9. The molecule has 0 unspecified atom stereocenters. The van der Waals surface area contributed by atoms with Crippen LogP contribution in [0.4, 0.5) is 0 Å². The van der Waals surface area contributed by atoms with E-state index in [-0.39, 0.29) is 5.41 Å². The predicted molar refractivity (Wildman–Crippen MR) is 218 cm³/mol. The third-order valence-corrected chi connectivity index (χ3v) is 14.2. The van der Waals surface area contributed by atoms with E-state index in [4.69, 9.17) is 9.97 Å². The smallest absolute Gasteiger partial charge is 0.0985 e. The van der Waals surface area contributed by atoms with Gasteiger partial charge in [-0.3, -0.25) is 9.97 Å². The molecular formula is C50H37N3. The number of fused-ring (bicyclic) bond motifs is 11. The molecule has 0 aliphatic heterocycles. The number of pyridine rings is 2. The van der Waals surface area contributed by atoms with E-state index in [0.29, 0.717) is 0 Å². The molecule has 6 aromatic carbocycles. The van der Waals surface area contributed by atoms with Crippen LogP contribution in [0.5, 0.6) is 0 Å². The highest BCUT2D eigenvalue weighted by Gasteiger charge is 2.61. The summed E-state index contributed by atoms with van der Waals surface area (Å²) in [6.45, 7) is 0. The first-order valence-corrected chi connectivity index (χ1v) is 19.6. The third kappa shape index (κ3) is 3.65. The average molecular weight is 680 g/mol. The Morgan fingerprint density at radius 1 is 0.491 bits per heavy atom. The van der Waals surface area contributed by atoms with Crippen LogP contribution in [0.1, 0.15) is 43.2 Å². The van der Waals surface area contributed by atoms with Gasteiger partial charge in [0.05, 0.1) is 27.8 Å². The third-order valence-electron chi connectivity index (χ3n) is 14.2. The molecule has 4 bridgehead atoms. The van der Waals surface area contributed by atoms with Gasteiger partial charge in [0, 0.05) is 44.7 Å². The molecule has 0 atom stereocenters. The number of hydrogen-bond donors (Lipinski definition) is 0. The Kier molecular flexibility index (Phi) is 5.53. The molecule has 4 saturated carbocycles. The van der Waals surface area contributed by atoms with Crippen LogP contribution in [-0.4, -0.2) is 14.5 Å². The molecule has 4 fully saturated rings. The van der Waals surface area contributed by atoms with Crippen molar-refractivity contribution in [3.05, 3.63) is 151 Å². The Labute approximate surface area is 307 Å². The van der Waals surface area contributed by atoms with Gasteiger partial charge in [0.15, 0.2) is 0 Å². The molecule has 5 aliphatic carbocycles. The standard InChI is InChI=1S/C50H37N3/c1-2-9-37-31(7-1)13-17-40-39-16-14-33(27-45(39)53(49(37)40)46-28-34-8-5-19-51-47(34)48-41(46)11-6-20-52-48)32-15-18-44-42(26-32)38-10-3-4-12-43(38)50(44)35-22-29-21-30(24-35)25-36(50)23-29/h1-20,26-30,35-36H,21-25H2. The second-order valence-corrected chi connectivity index (χ2v) is 16.6. The van der Waals surface area contributed by atoms with Gasteiger partial charge in [0.25, 0.3) is 0 Å². The first-order chi connectivity index (χ1) is 26.2. The number of rotatable bonds is 2. The molecule has 3 heteroatoms. The van der Waals surface area contributed by atoms with Gasteiger partial charge in [-0.15, -0.1) is 0 Å². The van der Waals surface area contributed by atoms with E-state index in [2.05, 4.69) is 126 Å². The molecule has 5 aliphatic rings. The van der Waals surface area contributed by atoms with E-state index < -0.39 is 0 Å². The number of benzene rings is 6. The van der Waals surface area contributed by atoms with Gasteiger partial charge in [-0.2, -0.15) is 0 Å². The highest BCUT2D eigenvalue weighted by atomic mass is 15.0. The zero-order chi connectivity index (χ0) is 34.4. The van der Waals surface area contributed by atoms with Crippen LogP contribution >= 0.6 is 0 Å². The highest BCUT2D eigenvalue weighted by molar-refractivity contribution is 6.20. The molecule has 0 amide bonds. The van der Waals surface area contributed by atoms with Crippen LogP contribution in [-0.2, 0) is 5.41 Å². The SMILES string of the molecule is c1ccc2c(c1)-c1cc(-c3ccc4c5ccc6ccccc6c5n(-c5cc6cccnc6c6ncccc56)c4c3)ccc1C21C2CC3CC(C2)CC1C3. The molecule has 0 saturated heterocycles. The van der Waals surface area contributed by atoms with Crippen molar-refractivity contribution in [3.63, 3.8) is 0 Å². The summed E-state index contributed by atoms with van der Waals surface area (Å²) in [5, 5.41) is 7.21. The van der Waals surface area contributed by atoms with E-state index in [9.17, 15) is 0 Å². The number of aromatic nitrogens is 3. The summed E-state index contributed by atoms with van der Waals surface area (Å²) in [4.78, 5) is 9.70. The molecular weight excluding hydrogens is 643 g/mol. The van der Waals surface area contributed by atoms with Crippen molar-refractivity contribution in [1.29, 1.82) is 0 Å². The quantitative estimate of drug-likeness (QED) is 0.170. The van der Waals surface area contributed by atoms with E-state index >= 15 is 0 Å².